The van der Waals surface area contributed by atoms with Gasteiger partial charge in [0.05, 0.1) is 0 Å². The lowest BCUT2D eigenvalue weighted by Crippen LogP contribution is -2.09. The Hall–Kier alpha value is -1.59. The summed E-state index contributed by atoms with van der Waals surface area (Å²) in [6.07, 6.45) is 0. The van der Waals surface area contributed by atoms with Crippen molar-refractivity contribution in [3.05, 3.63) is 41.2 Å². The Balaban J connectivity index is 2.33. The molecule has 18 heavy (non-hydrogen) atoms. The fourth-order valence-corrected chi connectivity index (χ4v) is 2.64. The summed E-state index contributed by atoms with van der Waals surface area (Å²) in [5, 5.41) is 0.893. The van der Waals surface area contributed by atoms with Crippen molar-refractivity contribution >= 4 is 17.6 Å². The second kappa shape index (κ2) is 5.37. The summed E-state index contributed by atoms with van der Waals surface area (Å²) in [4.78, 5) is 9.78. The van der Waals surface area contributed by atoms with Crippen LogP contribution in [0.4, 0.5) is 5.82 Å². The summed E-state index contributed by atoms with van der Waals surface area (Å²) in [6.45, 7) is 6.04. The highest BCUT2D eigenvalue weighted by Crippen LogP contribution is 2.30. The zero-order valence-electron chi connectivity index (χ0n) is 10.7. The van der Waals surface area contributed by atoms with E-state index in [1.807, 2.05) is 13.0 Å². The smallest absolute Gasteiger partial charge is 0.144 e. The van der Waals surface area contributed by atoms with Crippen LogP contribution in [0.5, 0.6) is 0 Å². The minimum absolute atomic E-state index is 0.635. The monoisotopic (exact) mass is 260 g/mol. The van der Waals surface area contributed by atoms with Crippen molar-refractivity contribution in [3.63, 3.8) is 0 Å². The summed E-state index contributed by atoms with van der Waals surface area (Å²) in [7, 11) is 0. The van der Waals surface area contributed by atoms with Crippen LogP contribution in [-0.2, 0) is 0 Å². The number of aromatic nitrogens is 2. The van der Waals surface area contributed by atoms with E-state index in [0.717, 1.165) is 5.03 Å². The molecular formula is C13H16N4S. The number of nitrogens with one attached hydrogen (secondary N) is 1. The molecule has 2 aromatic rings. The van der Waals surface area contributed by atoms with Crippen molar-refractivity contribution < 1.29 is 0 Å². The first-order chi connectivity index (χ1) is 8.58. The van der Waals surface area contributed by atoms with Gasteiger partial charge in [-0.1, -0.05) is 23.9 Å². The van der Waals surface area contributed by atoms with Crippen molar-refractivity contribution in [1.82, 2.24) is 9.97 Å². The Bertz CT molecular complexity index is 569. The molecule has 0 bridgehead atoms. The fraction of sp³-hybridized carbons (Fsp3) is 0.231. The van der Waals surface area contributed by atoms with Gasteiger partial charge in [-0.2, -0.15) is 0 Å². The van der Waals surface area contributed by atoms with Gasteiger partial charge in [-0.05, 0) is 38.0 Å². The Morgan fingerprint density at radius 1 is 1.11 bits per heavy atom. The third kappa shape index (κ3) is 3.00. The Kier molecular flexibility index (Phi) is 3.84. The molecule has 0 spiro atoms. The molecule has 0 saturated heterocycles. The number of rotatable bonds is 3. The van der Waals surface area contributed by atoms with Crippen molar-refractivity contribution in [3.8, 4) is 0 Å². The molecule has 0 radical (unpaired) electrons. The summed E-state index contributed by atoms with van der Waals surface area (Å²) in [5.74, 6) is 6.73. The van der Waals surface area contributed by atoms with E-state index in [0.29, 0.717) is 11.6 Å². The van der Waals surface area contributed by atoms with Crippen molar-refractivity contribution in [2.75, 3.05) is 5.43 Å². The average Bonchev–Trinajstić information content (AvgIpc) is 2.33. The van der Waals surface area contributed by atoms with Gasteiger partial charge >= 0.3 is 0 Å². The highest BCUT2D eigenvalue weighted by molar-refractivity contribution is 7.99. The predicted molar refractivity (Wildman–Crippen MR) is 74.6 cm³/mol. The maximum Gasteiger partial charge on any atom is 0.144 e. The predicted octanol–water partition coefficient (Wildman–Crippen LogP) is 2.84. The Labute approximate surface area is 111 Å². The third-order valence-electron chi connectivity index (χ3n) is 2.52. The van der Waals surface area contributed by atoms with Crippen molar-refractivity contribution in [2.24, 2.45) is 5.84 Å². The topological polar surface area (TPSA) is 63.8 Å². The number of nitrogens with two attached hydrogens (primary N) is 1. The van der Waals surface area contributed by atoms with E-state index in [9.17, 15) is 0 Å². The number of hydrazine groups is 1. The summed E-state index contributed by atoms with van der Waals surface area (Å²) >= 11 is 1.63. The van der Waals surface area contributed by atoms with Crippen molar-refractivity contribution in [2.45, 2.75) is 30.7 Å². The van der Waals surface area contributed by atoms with Gasteiger partial charge in [-0.25, -0.2) is 15.8 Å². The molecule has 0 amide bonds. The molecule has 4 nitrogen and oxygen atoms in total. The number of aryl methyl sites for hydroxylation is 3. The van der Waals surface area contributed by atoms with E-state index >= 15 is 0 Å². The number of hydrogen-bond donors (Lipinski definition) is 2. The molecule has 0 unspecified atom stereocenters. The lowest BCUT2D eigenvalue weighted by molar-refractivity contribution is 0.963. The second-order valence-corrected chi connectivity index (χ2v) is 5.22. The van der Waals surface area contributed by atoms with Crippen LogP contribution >= 0.6 is 11.8 Å². The lowest BCUT2D eigenvalue weighted by atomic mass is 10.2. The molecule has 0 aliphatic heterocycles. The van der Waals surface area contributed by atoms with Gasteiger partial charge < -0.3 is 5.43 Å². The van der Waals surface area contributed by atoms with Crippen LogP contribution < -0.4 is 11.3 Å². The molecule has 1 heterocycles. The van der Waals surface area contributed by atoms with E-state index in [1.165, 1.54) is 16.0 Å². The van der Waals surface area contributed by atoms with Gasteiger partial charge in [0.15, 0.2) is 0 Å². The highest BCUT2D eigenvalue weighted by Gasteiger charge is 2.05. The van der Waals surface area contributed by atoms with Gasteiger partial charge in [0.1, 0.15) is 16.7 Å². The Morgan fingerprint density at radius 2 is 1.89 bits per heavy atom. The molecule has 0 aliphatic carbocycles. The molecule has 94 valence electrons. The largest absolute Gasteiger partial charge is 0.308 e. The SMILES string of the molecule is Cc1ccc(C)c(Sc2cc(NN)nc(C)n2)c1. The number of hydrogen-bond acceptors (Lipinski definition) is 5. The first-order valence-electron chi connectivity index (χ1n) is 5.66. The summed E-state index contributed by atoms with van der Waals surface area (Å²) in [6, 6.07) is 8.23. The standard InChI is InChI=1S/C13H16N4S/c1-8-4-5-9(2)11(6-8)18-13-7-12(17-14)15-10(3)16-13/h4-7H,14H2,1-3H3,(H,15,16,17). The first kappa shape index (κ1) is 12.9. The molecule has 2 rings (SSSR count). The average molecular weight is 260 g/mol. The highest BCUT2D eigenvalue weighted by atomic mass is 32.2. The van der Waals surface area contributed by atoms with Gasteiger partial charge in [-0.3, -0.25) is 0 Å². The van der Waals surface area contributed by atoms with Crippen LogP contribution in [0.25, 0.3) is 0 Å². The quantitative estimate of drug-likeness (QED) is 0.505. The molecule has 0 aliphatic rings. The zero-order valence-corrected chi connectivity index (χ0v) is 11.5. The van der Waals surface area contributed by atoms with Gasteiger partial charge in [-0.15, -0.1) is 0 Å². The number of nitrogen functional groups attached to an aromatic ring is 1. The van der Waals surface area contributed by atoms with E-state index < -0.39 is 0 Å². The van der Waals surface area contributed by atoms with Gasteiger partial charge in [0.2, 0.25) is 0 Å². The molecule has 0 atom stereocenters. The lowest BCUT2D eigenvalue weighted by Gasteiger charge is -2.08. The fourth-order valence-electron chi connectivity index (χ4n) is 1.60. The van der Waals surface area contributed by atoms with Crippen LogP contribution in [-0.4, -0.2) is 9.97 Å². The molecule has 1 aromatic heterocycles. The second-order valence-electron chi connectivity index (χ2n) is 4.15. The van der Waals surface area contributed by atoms with Crippen LogP contribution in [0, 0.1) is 20.8 Å². The minimum Gasteiger partial charge on any atom is -0.308 e. The first-order valence-corrected chi connectivity index (χ1v) is 6.47. The molecule has 5 heteroatoms. The zero-order chi connectivity index (χ0) is 13.1. The number of benzene rings is 1. The van der Waals surface area contributed by atoms with Crippen molar-refractivity contribution in [1.29, 1.82) is 0 Å². The maximum absolute atomic E-state index is 5.39. The molecule has 0 fully saturated rings. The van der Waals surface area contributed by atoms with E-state index in [4.69, 9.17) is 5.84 Å². The van der Waals surface area contributed by atoms with Crippen LogP contribution in [0.1, 0.15) is 17.0 Å². The van der Waals surface area contributed by atoms with Gasteiger partial charge in [0.25, 0.3) is 0 Å². The number of anilines is 1. The molecule has 0 saturated carbocycles. The third-order valence-corrected chi connectivity index (χ3v) is 3.60. The summed E-state index contributed by atoms with van der Waals surface area (Å²) in [5.41, 5.74) is 5.04. The minimum atomic E-state index is 0.635. The van der Waals surface area contributed by atoms with Gasteiger partial charge in [0, 0.05) is 11.0 Å². The normalized spacial score (nSPS) is 10.4. The van der Waals surface area contributed by atoms with Crippen LogP contribution in [0.2, 0.25) is 0 Å². The summed E-state index contributed by atoms with van der Waals surface area (Å²) < 4.78 is 0. The number of nitrogens with zero attached hydrogens (tertiary/aromatic N) is 2. The molecule has 3 N–H and O–H groups in total. The van der Waals surface area contributed by atoms with E-state index in [2.05, 4.69) is 47.4 Å². The van der Waals surface area contributed by atoms with E-state index in [-0.39, 0.29) is 0 Å². The Morgan fingerprint density at radius 3 is 2.61 bits per heavy atom. The van der Waals surface area contributed by atoms with Crippen LogP contribution in [0.15, 0.2) is 34.2 Å². The molecule has 1 aromatic carbocycles. The van der Waals surface area contributed by atoms with Crippen LogP contribution in [0.3, 0.4) is 0 Å². The maximum atomic E-state index is 5.39. The van der Waals surface area contributed by atoms with E-state index in [1.54, 1.807) is 11.8 Å². The molecular weight excluding hydrogens is 244 g/mol.